The van der Waals surface area contributed by atoms with Crippen LogP contribution in [0.3, 0.4) is 0 Å². The lowest BCUT2D eigenvalue weighted by Gasteiger charge is -2.36. The Hall–Kier alpha value is -2.84. The van der Waals surface area contributed by atoms with Gasteiger partial charge in [-0.2, -0.15) is 0 Å². The first-order chi connectivity index (χ1) is 14.8. The molecule has 1 unspecified atom stereocenters. The first kappa shape index (κ1) is 19.1. The number of aryl methyl sites for hydroxylation is 1. The van der Waals surface area contributed by atoms with Crippen LogP contribution in [0.25, 0.3) is 5.76 Å². The Balaban J connectivity index is 1.70. The van der Waals surface area contributed by atoms with Crippen LogP contribution in [0.15, 0.2) is 84.4 Å². The predicted molar refractivity (Wildman–Crippen MR) is 124 cm³/mol. The molecule has 1 fully saturated rings. The third kappa shape index (κ3) is 3.68. The molecular weight excluding hydrogens is 366 g/mol. The Bertz CT molecular complexity index is 1050. The van der Waals surface area contributed by atoms with E-state index in [-0.39, 0.29) is 5.92 Å². The van der Waals surface area contributed by atoms with Crippen LogP contribution in [-0.2, 0) is 0 Å². The van der Waals surface area contributed by atoms with Crippen molar-refractivity contribution in [2.75, 3.05) is 19.6 Å². The van der Waals surface area contributed by atoms with Gasteiger partial charge in [0.1, 0.15) is 11.5 Å². The quantitative estimate of drug-likeness (QED) is 0.506. The Morgan fingerprint density at radius 2 is 1.43 bits per heavy atom. The van der Waals surface area contributed by atoms with Gasteiger partial charge in [-0.3, -0.25) is 4.90 Å². The molecule has 30 heavy (non-hydrogen) atoms. The summed E-state index contributed by atoms with van der Waals surface area (Å²) < 4.78 is 6.62. The maximum Gasteiger partial charge on any atom is 0.136 e. The fraction of sp³-hybridized carbons (Fsp3) is 0.286. The number of nitrogens with zero attached hydrogens (tertiary/aromatic N) is 1. The van der Waals surface area contributed by atoms with Crippen molar-refractivity contribution >= 4 is 5.76 Å². The SMILES string of the molecule is Cc1ccccc1C1C(CN2CCCCC2)=C(c2ccccc2)Oc2ccccc21. The number of fused-ring (bicyclic) bond motifs is 1. The van der Waals surface area contributed by atoms with Gasteiger partial charge in [0.05, 0.1) is 0 Å². The second-order valence-corrected chi connectivity index (χ2v) is 8.49. The molecule has 2 nitrogen and oxygen atoms in total. The maximum atomic E-state index is 6.62. The Morgan fingerprint density at radius 1 is 0.767 bits per heavy atom. The summed E-state index contributed by atoms with van der Waals surface area (Å²) in [7, 11) is 0. The molecule has 2 heterocycles. The van der Waals surface area contributed by atoms with E-state index in [1.807, 2.05) is 0 Å². The number of ether oxygens (including phenoxy) is 1. The molecule has 5 rings (SSSR count). The minimum atomic E-state index is 0.216. The summed E-state index contributed by atoms with van der Waals surface area (Å²) in [6.45, 7) is 5.53. The number of likely N-dealkylation sites (tertiary alicyclic amines) is 1. The van der Waals surface area contributed by atoms with E-state index in [4.69, 9.17) is 4.74 Å². The zero-order valence-corrected chi connectivity index (χ0v) is 17.7. The van der Waals surface area contributed by atoms with Crippen LogP contribution >= 0.6 is 0 Å². The van der Waals surface area contributed by atoms with Gasteiger partial charge in [-0.1, -0.05) is 79.2 Å². The van der Waals surface area contributed by atoms with E-state index in [1.54, 1.807) is 0 Å². The lowest BCUT2D eigenvalue weighted by Crippen LogP contribution is -2.34. The van der Waals surface area contributed by atoms with Crippen molar-refractivity contribution in [3.63, 3.8) is 0 Å². The van der Waals surface area contributed by atoms with Crippen molar-refractivity contribution < 1.29 is 4.74 Å². The molecule has 0 amide bonds. The Morgan fingerprint density at radius 3 is 2.20 bits per heavy atom. The second kappa shape index (κ2) is 8.49. The van der Waals surface area contributed by atoms with Crippen LogP contribution in [0.5, 0.6) is 5.75 Å². The molecule has 3 aromatic carbocycles. The minimum Gasteiger partial charge on any atom is -0.456 e. The number of hydrogen-bond acceptors (Lipinski definition) is 2. The lowest BCUT2D eigenvalue weighted by atomic mass is 9.79. The molecule has 2 aliphatic heterocycles. The van der Waals surface area contributed by atoms with E-state index < -0.39 is 0 Å². The molecule has 0 N–H and O–H groups in total. The third-order valence-corrected chi connectivity index (χ3v) is 6.46. The average Bonchev–Trinajstić information content (AvgIpc) is 2.80. The van der Waals surface area contributed by atoms with E-state index in [2.05, 4.69) is 90.7 Å². The first-order valence-corrected chi connectivity index (χ1v) is 11.1. The summed E-state index contributed by atoms with van der Waals surface area (Å²) in [6.07, 6.45) is 3.93. The van der Waals surface area contributed by atoms with E-state index >= 15 is 0 Å². The lowest BCUT2D eigenvalue weighted by molar-refractivity contribution is 0.242. The first-order valence-electron chi connectivity index (χ1n) is 11.1. The van der Waals surface area contributed by atoms with Gasteiger partial charge in [0, 0.05) is 23.6 Å². The average molecular weight is 396 g/mol. The van der Waals surface area contributed by atoms with Crippen molar-refractivity contribution in [1.82, 2.24) is 4.90 Å². The van der Waals surface area contributed by atoms with Gasteiger partial charge < -0.3 is 4.74 Å². The Labute approximate surface area is 179 Å². The van der Waals surface area contributed by atoms with Gasteiger partial charge in [0.2, 0.25) is 0 Å². The van der Waals surface area contributed by atoms with Crippen LogP contribution in [0.2, 0.25) is 0 Å². The summed E-state index contributed by atoms with van der Waals surface area (Å²) in [4.78, 5) is 2.62. The molecule has 152 valence electrons. The topological polar surface area (TPSA) is 12.5 Å². The summed E-state index contributed by atoms with van der Waals surface area (Å²) in [6, 6.07) is 28.0. The summed E-state index contributed by atoms with van der Waals surface area (Å²) in [5, 5.41) is 0. The van der Waals surface area contributed by atoms with Gasteiger partial charge in [-0.05, 0) is 55.6 Å². The maximum absolute atomic E-state index is 6.62. The standard InChI is InChI=1S/C28H29NO/c1-21-12-6-7-15-23(21)27-24-16-8-9-17-26(24)30-28(22-13-4-2-5-14-22)25(27)20-29-18-10-3-11-19-29/h2,4-9,12-17,27H,3,10-11,18-20H2,1H3. The summed E-state index contributed by atoms with van der Waals surface area (Å²) in [5.74, 6) is 2.23. The van der Waals surface area contributed by atoms with Crippen LogP contribution < -0.4 is 4.74 Å². The largest absolute Gasteiger partial charge is 0.456 e. The van der Waals surface area contributed by atoms with E-state index in [9.17, 15) is 0 Å². The normalized spacial score (nSPS) is 19.3. The van der Waals surface area contributed by atoms with Gasteiger partial charge in [0.25, 0.3) is 0 Å². The van der Waals surface area contributed by atoms with E-state index in [0.717, 1.165) is 23.6 Å². The van der Waals surface area contributed by atoms with Crippen molar-refractivity contribution in [2.45, 2.75) is 32.1 Å². The molecule has 0 bridgehead atoms. The number of piperidine rings is 1. The summed E-state index contributed by atoms with van der Waals surface area (Å²) >= 11 is 0. The van der Waals surface area contributed by atoms with Gasteiger partial charge in [0.15, 0.2) is 0 Å². The molecule has 2 aliphatic rings. The molecule has 0 saturated carbocycles. The van der Waals surface area contributed by atoms with Crippen LogP contribution in [-0.4, -0.2) is 24.5 Å². The highest BCUT2D eigenvalue weighted by Gasteiger charge is 2.33. The van der Waals surface area contributed by atoms with E-state index in [1.165, 1.54) is 54.6 Å². The number of rotatable bonds is 4. The highest BCUT2D eigenvalue weighted by atomic mass is 16.5. The van der Waals surface area contributed by atoms with Gasteiger partial charge in [-0.15, -0.1) is 0 Å². The van der Waals surface area contributed by atoms with E-state index in [0.29, 0.717) is 0 Å². The van der Waals surface area contributed by atoms with Crippen molar-refractivity contribution in [3.8, 4) is 5.75 Å². The summed E-state index contributed by atoms with van der Waals surface area (Å²) in [5.41, 5.74) is 6.55. The smallest absolute Gasteiger partial charge is 0.136 e. The monoisotopic (exact) mass is 395 g/mol. The second-order valence-electron chi connectivity index (χ2n) is 8.49. The fourth-order valence-corrected chi connectivity index (χ4v) is 4.93. The molecule has 0 aromatic heterocycles. The molecule has 0 spiro atoms. The van der Waals surface area contributed by atoms with Crippen LogP contribution in [0.1, 0.15) is 47.4 Å². The molecular formula is C28H29NO. The number of benzene rings is 3. The third-order valence-electron chi connectivity index (χ3n) is 6.46. The molecule has 0 aliphatic carbocycles. The van der Waals surface area contributed by atoms with Crippen molar-refractivity contribution in [3.05, 3.63) is 107 Å². The fourth-order valence-electron chi connectivity index (χ4n) is 4.93. The minimum absolute atomic E-state index is 0.216. The number of hydrogen-bond donors (Lipinski definition) is 0. The predicted octanol–water partition coefficient (Wildman–Crippen LogP) is 6.42. The van der Waals surface area contributed by atoms with Gasteiger partial charge >= 0.3 is 0 Å². The van der Waals surface area contributed by atoms with Crippen molar-refractivity contribution in [2.24, 2.45) is 0 Å². The zero-order chi connectivity index (χ0) is 20.3. The number of para-hydroxylation sites is 1. The highest BCUT2D eigenvalue weighted by molar-refractivity contribution is 5.73. The molecule has 3 aromatic rings. The highest BCUT2D eigenvalue weighted by Crippen LogP contribution is 2.46. The van der Waals surface area contributed by atoms with Gasteiger partial charge in [-0.25, -0.2) is 0 Å². The molecule has 0 radical (unpaired) electrons. The Kier molecular flexibility index (Phi) is 5.42. The molecule has 1 atom stereocenters. The molecule has 1 saturated heterocycles. The van der Waals surface area contributed by atoms with Crippen LogP contribution in [0.4, 0.5) is 0 Å². The molecule has 2 heteroatoms. The zero-order valence-electron chi connectivity index (χ0n) is 17.7. The van der Waals surface area contributed by atoms with Crippen molar-refractivity contribution in [1.29, 1.82) is 0 Å². The van der Waals surface area contributed by atoms with Crippen LogP contribution in [0, 0.1) is 6.92 Å².